The fourth-order valence-electron chi connectivity index (χ4n) is 3.07. The van der Waals surface area contributed by atoms with Crippen molar-refractivity contribution in [1.82, 2.24) is 9.97 Å². The highest BCUT2D eigenvalue weighted by atomic mass is 79.9. The van der Waals surface area contributed by atoms with E-state index in [1.54, 1.807) is 0 Å². The molecule has 2 N–H and O–H groups in total. The summed E-state index contributed by atoms with van der Waals surface area (Å²) in [6.07, 6.45) is 5.04. The Balaban J connectivity index is 0.000000125. The van der Waals surface area contributed by atoms with Crippen LogP contribution >= 0.6 is 15.9 Å². The quantitative estimate of drug-likeness (QED) is 0.261. The van der Waals surface area contributed by atoms with Crippen LogP contribution in [-0.4, -0.2) is 9.97 Å². The van der Waals surface area contributed by atoms with Crippen LogP contribution in [0.3, 0.4) is 0 Å². The lowest BCUT2D eigenvalue weighted by atomic mass is 10.2. The molecule has 0 spiro atoms. The third kappa shape index (κ3) is 6.10. The minimum absolute atomic E-state index is 1.12. The van der Waals surface area contributed by atoms with E-state index in [9.17, 15) is 0 Å². The minimum atomic E-state index is 1.12. The molecule has 5 aromatic rings. The number of rotatable bonds is 1. The van der Waals surface area contributed by atoms with Gasteiger partial charge in [0.2, 0.25) is 0 Å². The van der Waals surface area contributed by atoms with Gasteiger partial charge in [-0.3, -0.25) is 0 Å². The van der Waals surface area contributed by atoms with E-state index in [2.05, 4.69) is 119 Å². The van der Waals surface area contributed by atoms with Crippen molar-refractivity contribution >= 4 is 37.7 Å². The zero-order valence-corrected chi connectivity index (χ0v) is 18.8. The molecule has 5 rings (SSSR count). The van der Waals surface area contributed by atoms with Gasteiger partial charge in [0, 0.05) is 27.9 Å². The van der Waals surface area contributed by atoms with E-state index in [1.165, 1.54) is 38.5 Å². The summed E-state index contributed by atoms with van der Waals surface area (Å²) in [5.74, 6) is 0. The molecule has 0 saturated carbocycles. The van der Waals surface area contributed by atoms with E-state index in [-0.39, 0.29) is 0 Å². The van der Waals surface area contributed by atoms with E-state index in [0.717, 1.165) is 10.9 Å². The SMILES string of the molecule is CCc1ccc(Br)cc1.Cc1ccc2[nH]ccc2c1.Cc1ccc2[nH]ccc2c1. The molecule has 0 aliphatic carbocycles. The second-order valence-corrected chi connectivity index (χ2v) is 8.03. The van der Waals surface area contributed by atoms with Gasteiger partial charge in [-0.2, -0.15) is 0 Å². The summed E-state index contributed by atoms with van der Waals surface area (Å²) >= 11 is 3.37. The largest absolute Gasteiger partial charge is 0.361 e. The molecule has 0 fully saturated rings. The Morgan fingerprint density at radius 2 is 1.14 bits per heavy atom. The molecule has 0 aliphatic rings. The zero-order valence-electron chi connectivity index (χ0n) is 17.2. The van der Waals surface area contributed by atoms with Gasteiger partial charge in [-0.05, 0) is 85.1 Å². The molecule has 29 heavy (non-hydrogen) atoms. The monoisotopic (exact) mass is 446 g/mol. The Hall–Kier alpha value is -2.78. The lowest BCUT2D eigenvalue weighted by Crippen LogP contribution is -1.75. The van der Waals surface area contributed by atoms with E-state index in [0.29, 0.717) is 0 Å². The van der Waals surface area contributed by atoms with Crippen LogP contribution < -0.4 is 0 Å². The first-order valence-electron chi connectivity index (χ1n) is 9.87. The fourth-order valence-corrected chi connectivity index (χ4v) is 3.33. The lowest BCUT2D eigenvalue weighted by Gasteiger charge is -1.93. The number of aryl methyl sites for hydroxylation is 3. The maximum absolute atomic E-state index is 3.37. The van der Waals surface area contributed by atoms with Gasteiger partial charge < -0.3 is 9.97 Å². The first-order chi connectivity index (χ1) is 14.0. The summed E-state index contributed by atoms with van der Waals surface area (Å²) in [5, 5.41) is 2.58. The zero-order chi connectivity index (χ0) is 20.6. The molecule has 2 heterocycles. The molecule has 3 aromatic carbocycles. The number of nitrogens with one attached hydrogen (secondary N) is 2. The van der Waals surface area contributed by atoms with Crippen LogP contribution in [0.25, 0.3) is 21.8 Å². The van der Waals surface area contributed by atoms with Gasteiger partial charge in [0.15, 0.2) is 0 Å². The Morgan fingerprint density at radius 1 is 0.655 bits per heavy atom. The number of halogens is 1. The van der Waals surface area contributed by atoms with Crippen molar-refractivity contribution in [2.75, 3.05) is 0 Å². The third-order valence-corrected chi connectivity index (χ3v) is 5.27. The van der Waals surface area contributed by atoms with Crippen LogP contribution in [-0.2, 0) is 6.42 Å². The summed E-state index contributed by atoms with van der Waals surface area (Å²) in [5.41, 5.74) is 6.44. The van der Waals surface area contributed by atoms with E-state index < -0.39 is 0 Å². The number of fused-ring (bicyclic) bond motifs is 2. The van der Waals surface area contributed by atoms with E-state index >= 15 is 0 Å². The lowest BCUT2D eigenvalue weighted by molar-refractivity contribution is 1.14. The fraction of sp³-hybridized carbons (Fsp3) is 0.154. The average Bonchev–Trinajstić information content (AvgIpc) is 3.38. The number of aromatic amines is 2. The van der Waals surface area contributed by atoms with E-state index in [1.807, 2.05) is 12.4 Å². The van der Waals surface area contributed by atoms with Crippen molar-refractivity contribution in [3.05, 3.63) is 106 Å². The van der Waals surface area contributed by atoms with Crippen LogP contribution in [0.1, 0.15) is 23.6 Å². The minimum Gasteiger partial charge on any atom is -0.361 e. The van der Waals surface area contributed by atoms with Crippen LogP contribution in [0.4, 0.5) is 0 Å². The van der Waals surface area contributed by atoms with Gasteiger partial charge in [0.1, 0.15) is 0 Å². The normalized spacial score (nSPS) is 10.2. The second-order valence-electron chi connectivity index (χ2n) is 7.12. The van der Waals surface area contributed by atoms with Crippen molar-refractivity contribution in [1.29, 1.82) is 0 Å². The number of aromatic nitrogens is 2. The summed E-state index contributed by atoms with van der Waals surface area (Å²) in [6, 6.07) is 25.3. The first-order valence-corrected chi connectivity index (χ1v) is 10.7. The van der Waals surface area contributed by atoms with Crippen LogP contribution in [0.15, 0.2) is 89.7 Å². The third-order valence-electron chi connectivity index (χ3n) is 4.74. The summed E-state index contributed by atoms with van der Waals surface area (Å²) in [7, 11) is 0. The maximum Gasteiger partial charge on any atom is 0.0454 e. The molecular weight excluding hydrogens is 420 g/mol. The second kappa shape index (κ2) is 10.1. The van der Waals surface area contributed by atoms with Crippen molar-refractivity contribution in [2.24, 2.45) is 0 Å². The van der Waals surface area contributed by atoms with Gasteiger partial charge in [-0.1, -0.05) is 58.2 Å². The van der Waals surface area contributed by atoms with E-state index in [4.69, 9.17) is 0 Å². The molecule has 0 bridgehead atoms. The Bertz CT molecular complexity index is 1090. The smallest absolute Gasteiger partial charge is 0.0454 e. The Labute approximate surface area is 181 Å². The Kier molecular flexibility index (Phi) is 7.31. The van der Waals surface area contributed by atoms with Crippen molar-refractivity contribution in [2.45, 2.75) is 27.2 Å². The highest BCUT2D eigenvalue weighted by molar-refractivity contribution is 9.10. The predicted octanol–water partition coefficient (Wildman–Crippen LogP) is 7.96. The first kappa shape index (κ1) is 20.9. The molecule has 0 unspecified atom stereocenters. The van der Waals surface area contributed by atoms with Gasteiger partial charge in [0.25, 0.3) is 0 Å². The average molecular weight is 447 g/mol. The van der Waals surface area contributed by atoms with Crippen molar-refractivity contribution < 1.29 is 0 Å². The van der Waals surface area contributed by atoms with Gasteiger partial charge in [0.05, 0.1) is 0 Å². The van der Waals surface area contributed by atoms with Gasteiger partial charge >= 0.3 is 0 Å². The van der Waals surface area contributed by atoms with Crippen LogP contribution in [0.2, 0.25) is 0 Å². The summed E-state index contributed by atoms with van der Waals surface area (Å²) in [4.78, 5) is 6.29. The number of H-pyrrole nitrogens is 2. The standard InChI is InChI=1S/2C9H9N.C8H9Br/c2*1-7-2-3-9-8(6-7)4-5-10-9;1-2-7-3-5-8(9)6-4-7/h2*2-6,10H,1H3;3-6H,2H2,1H3. The van der Waals surface area contributed by atoms with Crippen molar-refractivity contribution in [3.8, 4) is 0 Å². The molecule has 0 amide bonds. The molecule has 2 aromatic heterocycles. The molecule has 0 radical (unpaired) electrons. The van der Waals surface area contributed by atoms with Crippen LogP contribution in [0, 0.1) is 13.8 Å². The highest BCUT2D eigenvalue weighted by Gasteiger charge is 1.92. The summed E-state index contributed by atoms with van der Waals surface area (Å²) in [6.45, 7) is 6.36. The molecular formula is C26H27BrN2. The Morgan fingerprint density at radius 3 is 1.59 bits per heavy atom. The summed E-state index contributed by atoms with van der Waals surface area (Å²) < 4.78 is 1.15. The number of benzene rings is 3. The molecule has 0 aliphatic heterocycles. The van der Waals surface area contributed by atoms with Gasteiger partial charge in [-0.15, -0.1) is 0 Å². The number of hydrogen-bond acceptors (Lipinski definition) is 0. The molecule has 2 nitrogen and oxygen atoms in total. The van der Waals surface area contributed by atoms with Crippen LogP contribution in [0.5, 0.6) is 0 Å². The molecule has 0 saturated heterocycles. The topological polar surface area (TPSA) is 31.6 Å². The van der Waals surface area contributed by atoms with Gasteiger partial charge in [-0.25, -0.2) is 0 Å². The predicted molar refractivity (Wildman–Crippen MR) is 130 cm³/mol. The molecule has 148 valence electrons. The molecule has 3 heteroatoms. The van der Waals surface area contributed by atoms with Crippen molar-refractivity contribution in [3.63, 3.8) is 0 Å². The molecule has 0 atom stereocenters. The highest BCUT2D eigenvalue weighted by Crippen LogP contribution is 2.13. The number of hydrogen-bond donors (Lipinski definition) is 2. The maximum atomic E-state index is 3.37.